The summed E-state index contributed by atoms with van der Waals surface area (Å²) < 4.78 is 12.4. The van der Waals surface area contributed by atoms with Crippen molar-refractivity contribution in [2.45, 2.75) is 6.92 Å². The van der Waals surface area contributed by atoms with Crippen LogP contribution >= 0.6 is 0 Å². The van der Waals surface area contributed by atoms with E-state index < -0.39 is 0 Å². The highest BCUT2D eigenvalue weighted by Gasteiger charge is 2.26. The smallest absolute Gasteiger partial charge is 0.254 e. The molecule has 1 aliphatic rings. The van der Waals surface area contributed by atoms with E-state index in [4.69, 9.17) is 9.47 Å². The fraction of sp³-hybridized carbons (Fsp3) is 0.400. The number of nitrogens with zero attached hydrogens (tertiary/aromatic N) is 6. The molecule has 4 rings (SSSR count). The molecule has 0 aliphatic carbocycles. The fourth-order valence-corrected chi connectivity index (χ4v) is 3.76. The van der Waals surface area contributed by atoms with Gasteiger partial charge in [0.2, 0.25) is 0 Å². The standard InChI is InChI=1S/C20H24N6O3/c1-13-17-18(24(2)23-13)19(22-12-21-17)25-7-9-26(10-8-25)20(27)14-5-6-15(28-3)16(11-14)29-4/h5-6,11-12H,7-10H2,1-4H3. The van der Waals surface area contributed by atoms with Crippen LogP contribution in [0.4, 0.5) is 5.82 Å². The Bertz CT molecular complexity index is 1060. The zero-order valence-corrected chi connectivity index (χ0v) is 17.0. The third-order valence-corrected chi connectivity index (χ3v) is 5.27. The molecule has 0 radical (unpaired) electrons. The van der Waals surface area contributed by atoms with Gasteiger partial charge in [-0.1, -0.05) is 0 Å². The van der Waals surface area contributed by atoms with E-state index >= 15 is 0 Å². The number of hydrogen-bond acceptors (Lipinski definition) is 7. The third-order valence-electron chi connectivity index (χ3n) is 5.27. The third kappa shape index (κ3) is 3.32. The highest BCUT2D eigenvalue weighted by molar-refractivity contribution is 5.95. The van der Waals surface area contributed by atoms with Crippen molar-refractivity contribution in [3.05, 3.63) is 35.8 Å². The lowest BCUT2D eigenvalue weighted by atomic mass is 10.1. The van der Waals surface area contributed by atoms with Gasteiger partial charge in [-0.3, -0.25) is 9.48 Å². The van der Waals surface area contributed by atoms with Crippen LogP contribution in [-0.4, -0.2) is 71.0 Å². The molecule has 3 aromatic rings. The number of benzene rings is 1. The van der Waals surface area contributed by atoms with Crippen molar-refractivity contribution in [2.75, 3.05) is 45.3 Å². The number of hydrogen-bond donors (Lipinski definition) is 0. The molecule has 0 spiro atoms. The van der Waals surface area contributed by atoms with E-state index in [9.17, 15) is 4.79 Å². The van der Waals surface area contributed by atoms with Crippen LogP contribution in [0.1, 0.15) is 16.1 Å². The number of ether oxygens (including phenoxy) is 2. The van der Waals surface area contributed by atoms with Crippen molar-refractivity contribution < 1.29 is 14.3 Å². The molecule has 1 aliphatic heterocycles. The van der Waals surface area contributed by atoms with Crippen molar-refractivity contribution in [1.29, 1.82) is 0 Å². The molecular formula is C20H24N6O3. The second kappa shape index (κ2) is 7.57. The lowest BCUT2D eigenvalue weighted by molar-refractivity contribution is 0.0746. The fourth-order valence-electron chi connectivity index (χ4n) is 3.76. The second-order valence-electron chi connectivity index (χ2n) is 6.95. The molecular weight excluding hydrogens is 372 g/mol. The van der Waals surface area contributed by atoms with E-state index in [1.54, 1.807) is 38.7 Å². The number of carbonyl (C=O) groups is 1. The maximum Gasteiger partial charge on any atom is 0.254 e. The lowest BCUT2D eigenvalue weighted by Gasteiger charge is -2.35. The Balaban J connectivity index is 1.51. The van der Waals surface area contributed by atoms with Crippen LogP contribution in [0.2, 0.25) is 0 Å². The Morgan fingerprint density at radius 3 is 2.45 bits per heavy atom. The average molecular weight is 396 g/mol. The van der Waals surface area contributed by atoms with Crippen molar-refractivity contribution in [1.82, 2.24) is 24.6 Å². The highest BCUT2D eigenvalue weighted by atomic mass is 16.5. The maximum atomic E-state index is 13.0. The first-order chi connectivity index (χ1) is 14.0. The van der Waals surface area contributed by atoms with Crippen LogP contribution in [-0.2, 0) is 7.05 Å². The molecule has 1 fully saturated rings. The van der Waals surface area contributed by atoms with Crippen molar-refractivity contribution in [3.8, 4) is 11.5 Å². The molecule has 2 aromatic heterocycles. The number of aryl methyl sites for hydroxylation is 2. The Hall–Kier alpha value is -3.36. The molecule has 29 heavy (non-hydrogen) atoms. The molecule has 1 amide bonds. The van der Waals surface area contributed by atoms with Crippen LogP contribution in [0.3, 0.4) is 0 Å². The molecule has 152 valence electrons. The van der Waals surface area contributed by atoms with E-state index in [2.05, 4.69) is 20.0 Å². The van der Waals surface area contributed by atoms with Gasteiger partial charge in [0.05, 0.1) is 19.9 Å². The van der Waals surface area contributed by atoms with Gasteiger partial charge in [0.1, 0.15) is 17.4 Å². The summed E-state index contributed by atoms with van der Waals surface area (Å²) in [6.45, 7) is 4.54. The Labute approximate surface area is 168 Å². The van der Waals surface area contributed by atoms with Gasteiger partial charge < -0.3 is 19.3 Å². The number of carbonyl (C=O) groups excluding carboxylic acids is 1. The van der Waals surface area contributed by atoms with Gasteiger partial charge in [-0.2, -0.15) is 5.10 Å². The summed E-state index contributed by atoms with van der Waals surface area (Å²) in [6.07, 6.45) is 1.58. The van der Waals surface area contributed by atoms with Gasteiger partial charge in [0, 0.05) is 38.8 Å². The molecule has 9 nitrogen and oxygen atoms in total. The summed E-state index contributed by atoms with van der Waals surface area (Å²) >= 11 is 0. The van der Waals surface area contributed by atoms with Gasteiger partial charge in [-0.05, 0) is 25.1 Å². The molecule has 0 atom stereocenters. The Kier molecular flexibility index (Phi) is 4.96. The monoisotopic (exact) mass is 396 g/mol. The highest BCUT2D eigenvalue weighted by Crippen LogP contribution is 2.29. The van der Waals surface area contributed by atoms with Crippen molar-refractivity contribution >= 4 is 22.8 Å². The first-order valence-electron chi connectivity index (χ1n) is 9.44. The zero-order valence-electron chi connectivity index (χ0n) is 17.0. The minimum Gasteiger partial charge on any atom is -0.493 e. The SMILES string of the molecule is COc1ccc(C(=O)N2CCN(c3ncnc4c(C)nn(C)c34)CC2)cc1OC. The molecule has 0 N–H and O–H groups in total. The zero-order chi connectivity index (χ0) is 20.5. The summed E-state index contributed by atoms with van der Waals surface area (Å²) in [7, 11) is 5.04. The number of rotatable bonds is 4. The van der Waals surface area contributed by atoms with E-state index in [1.165, 1.54) is 0 Å². The molecule has 9 heteroatoms. The van der Waals surface area contributed by atoms with Gasteiger partial charge >= 0.3 is 0 Å². The van der Waals surface area contributed by atoms with E-state index in [1.807, 2.05) is 23.6 Å². The number of anilines is 1. The van der Waals surface area contributed by atoms with Crippen LogP contribution in [0.25, 0.3) is 11.0 Å². The predicted octanol–water partition coefficient (Wildman–Crippen LogP) is 1.65. The van der Waals surface area contributed by atoms with E-state index in [-0.39, 0.29) is 5.91 Å². The van der Waals surface area contributed by atoms with Gasteiger partial charge in [-0.15, -0.1) is 0 Å². The first-order valence-corrected chi connectivity index (χ1v) is 9.44. The number of methoxy groups -OCH3 is 2. The minimum atomic E-state index is -0.0187. The summed E-state index contributed by atoms with van der Waals surface area (Å²) in [6, 6.07) is 5.24. The molecule has 0 unspecified atom stereocenters. The van der Waals surface area contributed by atoms with Crippen LogP contribution in [0.5, 0.6) is 11.5 Å². The lowest BCUT2D eigenvalue weighted by Crippen LogP contribution is -2.49. The van der Waals surface area contributed by atoms with Gasteiger partial charge in [0.25, 0.3) is 5.91 Å². The van der Waals surface area contributed by atoms with Crippen molar-refractivity contribution in [2.24, 2.45) is 7.05 Å². The first kappa shape index (κ1) is 19.0. The van der Waals surface area contributed by atoms with Crippen LogP contribution in [0, 0.1) is 6.92 Å². The van der Waals surface area contributed by atoms with Gasteiger partial charge in [-0.25, -0.2) is 9.97 Å². The Morgan fingerprint density at radius 2 is 1.76 bits per heavy atom. The van der Waals surface area contributed by atoms with E-state index in [0.29, 0.717) is 43.2 Å². The summed E-state index contributed by atoms with van der Waals surface area (Å²) in [4.78, 5) is 25.8. The molecule has 0 bridgehead atoms. The average Bonchev–Trinajstić information content (AvgIpc) is 3.06. The quantitative estimate of drug-likeness (QED) is 0.663. The largest absolute Gasteiger partial charge is 0.493 e. The summed E-state index contributed by atoms with van der Waals surface area (Å²) in [5, 5.41) is 4.46. The van der Waals surface area contributed by atoms with Crippen LogP contribution in [0.15, 0.2) is 24.5 Å². The summed E-state index contributed by atoms with van der Waals surface area (Å²) in [5.74, 6) is 1.99. The van der Waals surface area contributed by atoms with Crippen LogP contribution < -0.4 is 14.4 Å². The predicted molar refractivity (Wildman–Crippen MR) is 109 cm³/mol. The number of piperazine rings is 1. The second-order valence-corrected chi connectivity index (χ2v) is 6.95. The molecule has 1 saturated heterocycles. The summed E-state index contributed by atoms with van der Waals surface area (Å²) in [5.41, 5.74) is 3.25. The minimum absolute atomic E-state index is 0.0187. The van der Waals surface area contributed by atoms with Gasteiger partial charge in [0.15, 0.2) is 17.3 Å². The number of fused-ring (bicyclic) bond motifs is 1. The van der Waals surface area contributed by atoms with E-state index in [0.717, 1.165) is 22.5 Å². The van der Waals surface area contributed by atoms with Crippen molar-refractivity contribution in [3.63, 3.8) is 0 Å². The topological polar surface area (TPSA) is 85.6 Å². The Morgan fingerprint density at radius 1 is 1.03 bits per heavy atom. The number of amides is 1. The molecule has 0 saturated carbocycles. The molecule has 3 heterocycles. The number of aromatic nitrogens is 4. The maximum absolute atomic E-state index is 13.0. The normalized spacial score (nSPS) is 14.3. The molecule has 1 aromatic carbocycles.